The molecule has 6 heteroatoms. The standard InChI is InChI=1S/C15H20N6/c1-3-12-8-13(14-18-17-11-21(14)19-12)20-7-5-6-15(4-2,9-16)10-20/h8,11H,3-7,10H2,1-2H3. The summed E-state index contributed by atoms with van der Waals surface area (Å²) in [6, 6.07) is 4.63. The SMILES string of the molecule is CCc1cc(N2CCCC(C#N)(CC)C2)c2nncn2n1. The van der Waals surface area contributed by atoms with Gasteiger partial charge < -0.3 is 4.90 Å². The molecule has 1 atom stereocenters. The van der Waals surface area contributed by atoms with E-state index in [0.717, 1.165) is 55.8 Å². The molecule has 3 rings (SSSR count). The zero-order valence-electron chi connectivity index (χ0n) is 12.6. The van der Waals surface area contributed by atoms with E-state index in [1.165, 1.54) is 0 Å². The van der Waals surface area contributed by atoms with E-state index in [1.807, 2.05) is 0 Å². The second-order valence-electron chi connectivity index (χ2n) is 5.74. The minimum absolute atomic E-state index is 0.245. The molecule has 2 aromatic rings. The number of nitriles is 1. The molecule has 2 aromatic heterocycles. The first kappa shape index (κ1) is 13.8. The van der Waals surface area contributed by atoms with Crippen molar-refractivity contribution >= 4 is 11.3 Å². The van der Waals surface area contributed by atoms with Gasteiger partial charge in [0.25, 0.3) is 0 Å². The molecule has 1 aliphatic rings. The molecule has 0 radical (unpaired) electrons. The summed E-state index contributed by atoms with van der Waals surface area (Å²) in [4.78, 5) is 2.28. The van der Waals surface area contributed by atoms with Crippen LogP contribution < -0.4 is 4.90 Å². The van der Waals surface area contributed by atoms with Gasteiger partial charge in [0.1, 0.15) is 6.33 Å². The van der Waals surface area contributed by atoms with Crippen LogP contribution in [0.15, 0.2) is 12.4 Å². The number of anilines is 1. The average molecular weight is 284 g/mol. The average Bonchev–Trinajstić information content (AvgIpc) is 3.02. The van der Waals surface area contributed by atoms with E-state index in [2.05, 4.69) is 46.2 Å². The summed E-state index contributed by atoms with van der Waals surface area (Å²) < 4.78 is 1.74. The van der Waals surface area contributed by atoms with Crippen LogP contribution in [0.4, 0.5) is 5.69 Å². The molecular weight excluding hydrogens is 264 g/mol. The number of hydrogen-bond acceptors (Lipinski definition) is 5. The highest BCUT2D eigenvalue weighted by atomic mass is 15.4. The maximum atomic E-state index is 9.56. The van der Waals surface area contributed by atoms with E-state index < -0.39 is 0 Å². The third-order valence-electron chi connectivity index (χ3n) is 4.49. The summed E-state index contributed by atoms with van der Waals surface area (Å²) in [6.07, 6.45) is 5.40. The first-order chi connectivity index (χ1) is 10.2. The van der Waals surface area contributed by atoms with Crippen molar-refractivity contribution in [3.63, 3.8) is 0 Å². The Morgan fingerprint density at radius 3 is 3.00 bits per heavy atom. The molecule has 0 N–H and O–H groups in total. The quantitative estimate of drug-likeness (QED) is 0.864. The Balaban J connectivity index is 2.03. The molecule has 0 spiro atoms. The number of rotatable bonds is 3. The molecule has 110 valence electrons. The Morgan fingerprint density at radius 1 is 1.43 bits per heavy atom. The maximum absolute atomic E-state index is 9.56. The maximum Gasteiger partial charge on any atom is 0.200 e. The molecule has 1 fully saturated rings. The molecular formula is C15H20N6. The van der Waals surface area contributed by atoms with Gasteiger partial charge in [0.05, 0.1) is 22.9 Å². The van der Waals surface area contributed by atoms with Crippen LogP contribution in [0.25, 0.3) is 5.65 Å². The molecule has 0 saturated carbocycles. The summed E-state index contributed by atoms with van der Waals surface area (Å²) in [7, 11) is 0. The Hall–Kier alpha value is -2.16. The third-order valence-corrected chi connectivity index (χ3v) is 4.49. The van der Waals surface area contributed by atoms with Gasteiger partial charge in [0.2, 0.25) is 5.65 Å². The number of fused-ring (bicyclic) bond motifs is 1. The molecule has 21 heavy (non-hydrogen) atoms. The Bertz CT molecular complexity index is 685. The lowest BCUT2D eigenvalue weighted by atomic mass is 9.79. The molecule has 1 aliphatic heterocycles. The topological polar surface area (TPSA) is 70.1 Å². The van der Waals surface area contributed by atoms with Crippen LogP contribution in [-0.4, -0.2) is 32.9 Å². The Morgan fingerprint density at radius 2 is 2.29 bits per heavy atom. The first-order valence-corrected chi connectivity index (χ1v) is 7.57. The summed E-state index contributed by atoms with van der Waals surface area (Å²) in [5, 5.41) is 22.2. The molecule has 0 aromatic carbocycles. The van der Waals surface area contributed by atoms with Gasteiger partial charge in [-0.25, -0.2) is 0 Å². The molecule has 6 nitrogen and oxygen atoms in total. The number of piperidine rings is 1. The molecule has 1 saturated heterocycles. The second kappa shape index (κ2) is 5.32. The monoisotopic (exact) mass is 284 g/mol. The third kappa shape index (κ3) is 2.33. The molecule has 0 amide bonds. The van der Waals surface area contributed by atoms with E-state index in [-0.39, 0.29) is 5.41 Å². The Kier molecular flexibility index (Phi) is 3.50. The van der Waals surface area contributed by atoms with Crippen molar-refractivity contribution in [1.82, 2.24) is 19.8 Å². The van der Waals surface area contributed by atoms with Crippen molar-refractivity contribution < 1.29 is 0 Å². The van der Waals surface area contributed by atoms with E-state index in [9.17, 15) is 5.26 Å². The molecule has 0 bridgehead atoms. The van der Waals surface area contributed by atoms with Crippen molar-refractivity contribution in [2.45, 2.75) is 39.5 Å². The predicted molar refractivity (Wildman–Crippen MR) is 79.9 cm³/mol. The van der Waals surface area contributed by atoms with Crippen molar-refractivity contribution in [2.75, 3.05) is 18.0 Å². The largest absolute Gasteiger partial charge is 0.367 e. The lowest BCUT2D eigenvalue weighted by Crippen LogP contribution is -2.42. The highest BCUT2D eigenvalue weighted by molar-refractivity contribution is 5.68. The highest BCUT2D eigenvalue weighted by Gasteiger charge is 2.35. The van der Waals surface area contributed by atoms with Gasteiger partial charge in [0.15, 0.2) is 0 Å². The normalized spacial score (nSPS) is 22.4. The predicted octanol–water partition coefficient (Wildman–Crippen LogP) is 2.21. The number of nitrogens with zero attached hydrogens (tertiary/aromatic N) is 6. The number of hydrogen-bond donors (Lipinski definition) is 0. The van der Waals surface area contributed by atoms with Crippen LogP contribution >= 0.6 is 0 Å². The van der Waals surface area contributed by atoms with Gasteiger partial charge in [-0.3, -0.25) is 0 Å². The van der Waals surface area contributed by atoms with Crippen LogP contribution in [-0.2, 0) is 6.42 Å². The van der Waals surface area contributed by atoms with Crippen LogP contribution in [0.1, 0.15) is 38.8 Å². The second-order valence-corrected chi connectivity index (χ2v) is 5.74. The molecule has 1 unspecified atom stereocenters. The lowest BCUT2D eigenvalue weighted by molar-refractivity contribution is 0.307. The van der Waals surface area contributed by atoms with Gasteiger partial charge in [0, 0.05) is 13.1 Å². The van der Waals surface area contributed by atoms with Gasteiger partial charge in [-0.05, 0) is 31.7 Å². The summed E-state index contributed by atoms with van der Waals surface area (Å²) in [6.45, 7) is 5.91. The van der Waals surface area contributed by atoms with E-state index in [0.29, 0.717) is 0 Å². The molecule has 0 aliphatic carbocycles. The summed E-state index contributed by atoms with van der Waals surface area (Å²) >= 11 is 0. The van der Waals surface area contributed by atoms with Crippen LogP contribution in [0.5, 0.6) is 0 Å². The fourth-order valence-electron chi connectivity index (χ4n) is 3.06. The van der Waals surface area contributed by atoms with Crippen molar-refractivity contribution in [3.8, 4) is 6.07 Å². The van der Waals surface area contributed by atoms with Gasteiger partial charge in [-0.2, -0.15) is 14.9 Å². The van der Waals surface area contributed by atoms with E-state index >= 15 is 0 Å². The van der Waals surface area contributed by atoms with Crippen molar-refractivity contribution in [1.29, 1.82) is 5.26 Å². The van der Waals surface area contributed by atoms with Gasteiger partial charge in [-0.15, -0.1) is 10.2 Å². The molecule has 3 heterocycles. The fourth-order valence-corrected chi connectivity index (χ4v) is 3.06. The fraction of sp³-hybridized carbons (Fsp3) is 0.600. The zero-order chi connectivity index (χ0) is 14.9. The van der Waals surface area contributed by atoms with E-state index in [1.54, 1.807) is 10.8 Å². The summed E-state index contributed by atoms with van der Waals surface area (Å²) in [5.74, 6) is 0. The van der Waals surface area contributed by atoms with Crippen LogP contribution in [0.2, 0.25) is 0 Å². The lowest BCUT2D eigenvalue weighted by Gasteiger charge is -2.39. The van der Waals surface area contributed by atoms with E-state index in [4.69, 9.17) is 0 Å². The smallest absolute Gasteiger partial charge is 0.200 e. The van der Waals surface area contributed by atoms with Gasteiger partial charge in [-0.1, -0.05) is 13.8 Å². The summed E-state index contributed by atoms with van der Waals surface area (Å²) in [5.41, 5.74) is 2.59. The Labute approximate surface area is 124 Å². The first-order valence-electron chi connectivity index (χ1n) is 7.57. The van der Waals surface area contributed by atoms with Crippen molar-refractivity contribution in [3.05, 3.63) is 18.1 Å². The number of aromatic nitrogens is 4. The zero-order valence-corrected chi connectivity index (χ0v) is 12.6. The van der Waals surface area contributed by atoms with Gasteiger partial charge >= 0.3 is 0 Å². The minimum Gasteiger partial charge on any atom is -0.367 e. The highest BCUT2D eigenvalue weighted by Crippen LogP contribution is 2.35. The number of aryl methyl sites for hydroxylation is 1. The van der Waals surface area contributed by atoms with Crippen LogP contribution in [0, 0.1) is 16.7 Å². The minimum atomic E-state index is -0.245. The van der Waals surface area contributed by atoms with Crippen molar-refractivity contribution in [2.24, 2.45) is 5.41 Å². The van der Waals surface area contributed by atoms with Crippen LogP contribution in [0.3, 0.4) is 0 Å².